The SMILES string of the molecule is C[C@@H]1COCCN1c1cc(C2CCN(C)C2=O)nc(-c2ccnc3c2ccn3SI)n1. The van der Waals surface area contributed by atoms with Gasteiger partial charge in [-0.05, 0) is 25.5 Å². The summed E-state index contributed by atoms with van der Waals surface area (Å²) in [7, 11) is 3.42. The number of halogens is 1. The number of pyridine rings is 1. The lowest BCUT2D eigenvalue weighted by Crippen LogP contribution is -2.44. The van der Waals surface area contributed by atoms with Crippen molar-refractivity contribution in [3.63, 3.8) is 0 Å². The molecule has 2 aliphatic heterocycles. The second-order valence-corrected chi connectivity index (χ2v) is 9.71. The van der Waals surface area contributed by atoms with Crippen molar-refractivity contribution in [2.24, 2.45) is 0 Å². The Labute approximate surface area is 197 Å². The fraction of sp³-hybridized carbons (Fsp3) is 0.429. The van der Waals surface area contributed by atoms with Crippen molar-refractivity contribution < 1.29 is 9.53 Å². The van der Waals surface area contributed by atoms with E-state index in [9.17, 15) is 4.79 Å². The first-order valence-corrected chi connectivity index (χ1v) is 13.6. The molecule has 8 nitrogen and oxygen atoms in total. The molecule has 0 bridgehead atoms. The third-order valence-corrected chi connectivity index (χ3v) is 7.77. The van der Waals surface area contributed by atoms with Crippen LogP contribution in [-0.2, 0) is 9.53 Å². The highest BCUT2D eigenvalue weighted by molar-refractivity contribution is 14.2. The molecule has 1 unspecified atom stereocenters. The normalized spacial score (nSPS) is 22.0. The molecule has 0 spiro atoms. The van der Waals surface area contributed by atoms with Crippen molar-refractivity contribution in [2.45, 2.75) is 25.3 Å². The minimum Gasteiger partial charge on any atom is -0.377 e. The van der Waals surface area contributed by atoms with Gasteiger partial charge in [0, 0.05) is 79.9 Å². The van der Waals surface area contributed by atoms with Crippen LogP contribution in [0.5, 0.6) is 0 Å². The van der Waals surface area contributed by atoms with Crippen LogP contribution in [0.1, 0.15) is 25.0 Å². The summed E-state index contributed by atoms with van der Waals surface area (Å²) in [5, 5.41) is 1.000. The van der Waals surface area contributed by atoms with Crippen LogP contribution in [0.4, 0.5) is 5.82 Å². The lowest BCUT2D eigenvalue weighted by Gasteiger charge is -2.34. The van der Waals surface area contributed by atoms with E-state index in [1.807, 2.05) is 35.4 Å². The number of carbonyl (C=O) groups is 1. The number of anilines is 1. The number of ether oxygens (including phenoxy) is 1. The molecular weight excluding hydrogens is 527 g/mol. The highest BCUT2D eigenvalue weighted by Crippen LogP contribution is 2.34. The lowest BCUT2D eigenvalue weighted by atomic mass is 10.0. The fourth-order valence-electron chi connectivity index (χ4n) is 4.33. The Morgan fingerprint density at radius 3 is 2.87 bits per heavy atom. The maximum Gasteiger partial charge on any atom is 0.231 e. The summed E-state index contributed by atoms with van der Waals surface area (Å²) < 4.78 is 7.64. The molecule has 5 heterocycles. The van der Waals surface area contributed by atoms with E-state index in [2.05, 4.69) is 38.0 Å². The molecule has 0 aliphatic carbocycles. The molecule has 0 N–H and O–H groups in total. The Hall–Kier alpha value is -1.92. The smallest absolute Gasteiger partial charge is 0.231 e. The number of carbonyl (C=O) groups excluding carboxylic acids is 1. The predicted molar refractivity (Wildman–Crippen MR) is 130 cm³/mol. The van der Waals surface area contributed by atoms with Crippen molar-refractivity contribution >= 4 is 53.1 Å². The molecule has 162 valence electrons. The largest absolute Gasteiger partial charge is 0.377 e. The second kappa shape index (κ2) is 8.55. The Morgan fingerprint density at radius 2 is 2.13 bits per heavy atom. The maximum atomic E-state index is 12.8. The van der Waals surface area contributed by atoms with E-state index in [0.29, 0.717) is 19.0 Å². The highest BCUT2D eigenvalue weighted by atomic mass is 127. The van der Waals surface area contributed by atoms with E-state index in [-0.39, 0.29) is 17.9 Å². The van der Waals surface area contributed by atoms with Crippen LogP contribution in [0.15, 0.2) is 30.6 Å². The molecule has 2 atom stereocenters. The van der Waals surface area contributed by atoms with Gasteiger partial charge < -0.3 is 14.5 Å². The van der Waals surface area contributed by atoms with E-state index in [0.717, 1.165) is 47.6 Å². The summed E-state index contributed by atoms with van der Waals surface area (Å²) >= 11 is 2.24. The molecule has 2 fully saturated rings. The maximum absolute atomic E-state index is 12.8. The highest BCUT2D eigenvalue weighted by Gasteiger charge is 2.33. The van der Waals surface area contributed by atoms with E-state index in [1.165, 1.54) is 0 Å². The number of hydrogen-bond acceptors (Lipinski definition) is 7. The minimum atomic E-state index is -0.228. The first-order chi connectivity index (χ1) is 15.1. The molecule has 1 amide bonds. The van der Waals surface area contributed by atoms with Crippen LogP contribution in [0.2, 0.25) is 0 Å². The standard InChI is InChI=1S/C21H23IN6O2S/c1-13-12-30-10-9-27(13)18-11-17(16-4-7-26(2)21(16)29)24-19(25-18)14-3-6-23-20-15(14)5-8-28(20)31-22/h3,5-6,8,11,13,16H,4,7,9-10,12H2,1-2H3/t13-,16?/m1/s1. The van der Waals surface area contributed by atoms with Crippen LogP contribution < -0.4 is 4.90 Å². The molecule has 3 aromatic heterocycles. The van der Waals surface area contributed by atoms with Crippen molar-refractivity contribution in [1.82, 2.24) is 23.8 Å². The number of likely N-dealkylation sites (tertiary alicyclic amines) is 1. The average molecular weight is 550 g/mol. The van der Waals surface area contributed by atoms with Gasteiger partial charge in [0.25, 0.3) is 0 Å². The molecule has 0 saturated carbocycles. The number of aromatic nitrogens is 4. The topological polar surface area (TPSA) is 76.4 Å². The lowest BCUT2D eigenvalue weighted by molar-refractivity contribution is -0.127. The zero-order valence-electron chi connectivity index (χ0n) is 17.4. The Balaban J connectivity index is 1.66. The summed E-state index contributed by atoms with van der Waals surface area (Å²) in [4.78, 5) is 31.2. The molecule has 2 saturated heterocycles. The van der Waals surface area contributed by atoms with Crippen LogP contribution in [0.3, 0.4) is 0 Å². The summed E-state index contributed by atoms with van der Waals surface area (Å²) in [6, 6.07) is 6.21. The van der Waals surface area contributed by atoms with E-state index < -0.39 is 0 Å². The first-order valence-electron chi connectivity index (χ1n) is 10.3. The predicted octanol–water partition coefficient (Wildman–Crippen LogP) is 3.51. The minimum absolute atomic E-state index is 0.123. The summed E-state index contributed by atoms with van der Waals surface area (Å²) in [6.07, 6.45) is 4.57. The van der Waals surface area contributed by atoms with Crippen LogP contribution >= 0.6 is 30.3 Å². The van der Waals surface area contributed by atoms with Gasteiger partial charge in [-0.25, -0.2) is 15.0 Å². The zero-order chi connectivity index (χ0) is 21.5. The van der Waals surface area contributed by atoms with Gasteiger partial charge in [0.05, 0.1) is 30.9 Å². The third kappa shape index (κ3) is 3.78. The number of amides is 1. The molecular formula is C21H23IN6O2S. The van der Waals surface area contributed by atoms with Crippen LogP contribution in [-0.4, -0.2) is 69.1 Å². The zero-order valence-corrected chi connectivity index (χ0v) is 20.3. The molecule has 10 heteroatoms. The van der Waals surface area contributed by atoms with Gasteiger partial charge in [-0.3, -0.25) is 8.77 Å². The van der Waals surface area contributed by atoms with Crippen molar-refractivity contribution in [1.29, 1.82) is 0 Å². The van der Waals surface area contributed by atoms with Crippen molar-refractivity contribution in [3.05, 3.63) is 36.3 Å². The van der Waals surface area contributed by atoms with Crippen molar-refractivity contribution in [2.75, 3.05) is 38.3 Å². The Kier molecular flexibility index (Phi) is 5.78. The van der Waals surface area contributed by atoms with Crippen LogP contribution in [0, 0.1) is 0 Å². The number of nitrogens with zero attached hydrogens (tertiary/aromatic N) is 6. The third-order valence-electron chi connectivity index (χ3n) is 6.05. The number of morpholine rings is 1. The molecule has 2 aliphatic rings. The molecule has 5 rings (SSSR count). The Morgan fingerprint density at radius 1 is 1.26 bits per heavy atom. The van der Waals surface area contributed by atoms with Gasteiger partial charge in [0.15, 0.2) is 11.5 Å². The number of likely N-dealkylation sites (N-methyl/N-ethyl adjacent to an activating group) is 1. The van der Waals surface area contributed by atoms with Crippen LogP contribution in [0.25, 0.3) is 22.4 Å². The van der Waals surface area contributed by atoms with Gasteiger partial charge in [-0.1, -0.05) is 0 Å². The fourth-order valence-corrected chi connectivity index (χ4v) is 5.60. The number of fused-ring (bicyclic) bond motifs is 1. The second-order valence-electron chi connectivity index (χ2n) is 8.00. The van der Waals surface area contributed by atoms with Crippen molar-refractivity contribution in [3.8, 4) is 11.4 Å². The molecule has 0 radical (unpaired) electrons. The summed E-state index contributed by atoms with van der Waals surface area (Å²) in [5.74, 6) is 1.38. The summed E-state index contributed by atoms with van der Waals surface area (Å²) in [6.45, 7) is 4.98. The first kappa shape index (κ1) is 21.0. The Bertz CT molecular complexity index is 1140. The average Bonchev–Trinajstić information content (AvgIpc) is 3.36. The van der Waals surface area contributed by atoms with Gasteiger partial charge in [-0.2, -0.15) is 0 Å². The van der Waals surface area contributed by atoms with Gasteiger partial charge in [0.2, 0.25) is 5.91 Å². The monoisotopic (exact) mass is 550 g/mol. The molecule has 31 heavy (non-hydrogen) atoms. The number of hydrogen-bond donors (Lipinski definition) is 0. The van der Waals surface area contributed by atoms with Gasteiger partial charge in [-0.15, -0.1) is 0 Å². The van der Waals surface area contributed by atoms with Gasteiger partial charge in [0.1, 0.15) is 5.82 Å². The summed E-state index contributed by atoms with van der Waals surface area (Å²) in [5.41, 5.74) is 2.60. The van der Waals surface area contributed by atoms with Gasteiger partial charge >= 0.3 is 0 Å². The number of rotatable bonds is 4. The van der Waals surface area contributed by atoms with E-state index in [1.54, 1.807) is 20.2 Å². The quantitative estimate of drug-likeness (QED) is 0.461. The van der Waals surface area contributed by atoms with E-state index in [4.69, 9.17) is 14.7 Å². The molecule has 0 aromatic carbocycles. The van der Waals surface area contributed by atoms with E-state index >= 15 is 0 Å². The molecule has 3 aromatic rings.